The summed E-state index contributed by atoms with van der Waals surface area (Å²) in [5, 5.41) is 11.3. The quantitative estimate of drug-likeness (QED) is 0.799. The molecule has 0 spiro atoms. The number of nitrogens with one attached hydrogen (secondary N) is 1. The van der Waals surface area contributed by atoms with Crippen LogP contribution in [0, 0.1) is 0 Å². The molecule has 0 saturated carbocycles. The minimum atomic E-state index is -3.30. The van der Waals surface area contributed by atoms with Crippen molar-refractivity contribution in [2.75, 3.05) is 12.9 Å². The van der Waals surface area contributed by atoms with Crippen molar-refractivity contribution in [3.8, 4) is 11.4 Å². The Morgan fingerprint density at radius 1 is 1.29 bits per heavy atom. The van der Waals surface area contributed by atoms with Gasteiger partial charge in [0.1, 0.15) is 5.75 Å². The number of tetrazole rings is 1. The lowest BCUT2D eigenvalue weighted by Crippen LogP contribution is -2.27. The lowest BCUT2D eigenvalue weighted by molar-refractivity contribution is 0.414. The lowest BCUT2D eigenvalue weighted by Gasteiger charge is -2.07. The van der Waals surface area contributed by atoms with Crippen molar-refractivity contribution in [1.29, 1.82) is 0 Å². The summed E-state index contributed by atoms with van der Waals surface area (Å²) in [6.45, 7) is 1.85. The third-order valence-electron chi connectivity index (χ3n) is 2.77. The monoisotopic (exact) mass is 311 g/mol. The molecule has 0 atom stereocenters. The number of hydrogen-bond donors (Lipinski definition) is 1. The van der Waals surface area contributed by atoms with Crippen molar-refractivity contribution in [2.24, 2.45) is 0 Å². The molecule has 9 heteroatoms. The first-order valence-electron chi connectivity index (χ1n) is 6.44. The predicted molar refractivity (Wildman–Crippen MR) is 76.6 cm³/mol. The van der Waals surface area contributed by atoms with Crippen LogP contribution in [0.15, 0.2) is 24.3 Å². The van der Waals surface area contributed by atoms with Gasteiger partial charge >= 0.3 is 0 Å². The molecule has 0 aliphatic rings. The van der Waals surface area contributed by atoms with E-state index in [0.717, 1.165) is 11.4 Å². The third-order valence-corrected chi connectivity index (χ3v) is 4.30. The molecule has 2 aromatic rings. The zero-order valence-corrected chi connectivity index (χ0v) is 12.7. The highest BCUT2D eigenvalue weighted by Crippen LogP contribution is 2.14. The molecule has 114 valence electrons. The highest BCUT2D eigenvalue weighted by atomic mass is 32.2. The first kappa shape index (κ1) is 15.4. The molecule has 0 radical (unpaired) electrons. The Labute approximate surface area is 123 Å². The van der Waals surface area contributed by atoms with E-state index in [0.29, 0.717) is 12.2 Å². The molecular formula is C12H17N5O3S. The Balaban J connectivity index is 2.14. The third kappa shape index (κ3) is 3.99. The van der Waals surface area contributed by atoms with Crippen molar-refractivity contribution in [3.63, 3.8) is 0 Å². The van der Waals surface area contributed by atoms with Crippen molar-refractivity contribution in [1.82, 2.24) is 24.9 Å². The molecule has 0 fully saturated rings. The molecular weight excluding hydrogens is 294 g/mol. The Morgan fingerprint density at radius 2 is 2.00 bits per heavy atom. The summed E-state index contributed by atoms with van der Waals surface area (Å²) < 4.78 is 32.3. The van der Waals surface area contributed by atoms with Gasteiger partial charge < -0.3 is 4.74 Å². The van der Waals surface area contributed by atoms with Crippen LogP contribution in [0.5, 0.6) is 5.75 Å². The number of sulfonamides is 1. The number of hydrogen-bond acceptors (Lipinski definition) is 6. The number of rotatable bonds is 7. The second-order valence-electron chi connectivity index (χ2n) is 4.34. The molecule has 1 aromatic heterocycles. The summed E-state index contributed by atoms with van der Waals surface area (Å²) in [6, 6.07) is 7.14. The molecule has 21 heavy (non-hydrogen) atoms. The first-order chi connectivity index (χ1) is 10.1. The molecule has 0 amide bonds. The normalized spacial score (nSPS) is 11.5. The SMILES string of the molecule is CCCS(=O)(=O)NCc1nnnn1-c1ccc(OC)cc1. The van der Waals surface area contributed by atoms with Gasteiger partial charge in [0.05, 0.1) is 25.1 Å². The summed E-state index contributed by atoms with van der Waals surface area (Å²) in [7, 11) is -1.71. The van der Waals surface area contributed by atoms with E-state index in [-0.39, 0.29) is 12.3 Å². The molecule has 1 N–H and O–H groups in total. The largest absolute Gasteiger partial charge is 0.497 e. The van der Waals surface area contributed by atoms with E-state index in [2.05, 4.69) is 20.2 Å². The zero-order chi connectivity index (χ0) is 15.3. The van der Waals surface area contributed by atoms with Crippen molar-refractivity contribution >= 4 is 10.0 Å². The van der Waals surface area contributed by atoms with Crippen LogP contribution in [-0.4, -0.2) is 41.5 Å². The van der Waals surface area contributed by atoms with Crippen LogP contribution in [0.3, 0.4) is 0 Å². The summed E-state index contributed by atoms with van der Waals surface area (Å²) >= 11 is 0. The lowest BCUT2D eigenvalue weighted by atomic mass is 10.3. The first-order valence-corrected chi connectivity index (χ1v) is 8.10. The van der Waals surface area contributed by atoms with Gasteiger partial charge in [0.25, 0.3) is 0 Å². The second kappa shape index (κ2) is 6.64. The van der Waals surface area contributed by atoms with E-state index in [1.165, 1.54) is 4.68 Å². The van der Waals surface area contributed by atoms with Crippen LogP contribution in [0.25, 0.3) is 5.69 Å². The maximum atomic E-state index is 11.7. The van der Waals surface area contributed by atoms with Crippen molar-refractivity contribution in [3.05, 3.63) is 30.1 Å². The maximum absolute atomic E-state index is 11.7. The van der Waals surface area contributed by atoms with Gasteiger partial charge in [-0.05, 0) is 41.1 Å². The maximum Gasteiger partial charge on any atom is 0.211 e. The second-order valence-corrected chi connectivity index (χ2v) is 6.27. The van der Waals surface area contributed by atoms with Gasteiger partial charge in [-0.3, -0.25) is 0 Å². The van der Waals surface area contributed by atoms with Crippen molar-refractivity contribution in [2.45, 2.75) is 19.9 Å². The van der Waals surface area contributed by atoms with E-state index in [1.807, 2.05) is 0 Å². The van der Waals surface area contributed by atoms with Crippen LogP contribution in [0.2, 0.25) is 0 Å². The predicted octanol–water partition coefficient (Wildman–Crippen LogP) is 0.500. The van der Waals surface area contributed by atoms with E-state index < -0.39 is 10.0 Å². The van der Waals surface area contributed by atoms with E-state index in [9.17, 15) is 8.42 Å². The van der Waals surface area contributed by atoms with Gasteiger partial charge in [0.15, 0.2) is 5.82 Å². The van der Waals surface area contributed by atoms with E-state index in [4.69, 9.17) is 4.74 Å². The highest BCUT2D eigenvalue weighted by molar-refractivity contribution is 7.89. The molecule has 1 aromatic carbocycles. The van der Waals surface area contributed by atoms with Gasteiger partial charge in [0, 0.05) is 0 Å². The fraction of sp³-hybridized carbons (Fsp3) is 0.417. The van der Waals surface area contributed by atoms with Crippen LogP contribution in [0.1, 0.15) is 19.2 Å². The summed E-state index contributed by atoms with van der Waals surface area (Å²) in [4.78, 5) is 0. The zero-order valence-electron chi connectivity index (χ0n) is 11.9. The van der Waals surface area contributed by atoms with Gasteiger partial charge in [-0.15, -0.1) is 5.10 Å². The highest BCUT2D eigenvalue weighted by Gasteiger charge is 2.13. The van der Waals surface area contributed by atoms with Gasteiger partial charge in [-0.1, -0.05) is 6.92 Å². The minimum Gasteiger partial charge on any atom is -0.497 e. The Morgan fingerprint density at radius 3 is 2.62 bits per heavy atom. The molecule has 2 rings (SSSR count). The minimum absolute atomic E-state index is 0.0430. The number of aromatic nitrogens is 4. The standard InChI is InChI=1S/C12H17N5O3S/c1-3-8-21(18,19)13-9-12-14-15-16-17(12)10-4-6-11(20-2)7-5-10/h4-7,13H,3,8-9H2,1-2H3. The van der Waals surface area contributed by atoms with Gasteiger partial charge in [-0.2, -0.15) is 4.68 Å². The Kier molecular flexibility index (Phi) is 4.86. The average molecular weight is 311 g/mol. The van der Waals surface area contributed by atoms with Gasteiger partial charge in [0.2, 0.25) is 10.0 Å². The molecule has 8 nitrogen and oxygen atoms in total. The smallest absolute Gasteiger partial charge is 0.211 e. The number of methoxy groups -OCH3 is 1. The van der Waals surface area contributed by atoms with E-state index >= 15 is 0 Å². The van der Waals surface area contributed by atoms with Crippen LogP contribution < -0.4 is 9.46 Å². The average Bonchev–Trinajstić information content (AvgIpc) is 2.94. The summed E-state index contributed by atoms with van der Waals surface area (Å²) in [5.74, 6) is 1.22. The molecule has 1 heterocycles. The number of nitrogens with zero attached hydrogens (tertiary/aromatic N) is 4. The fourth-order valence-electron chi connectivity index (χ4n) is 1.76. The fourth-order valence-corrected chi connectivity index (χ4v) is 2.79. The van der Waals surface area contributed by atoms with Crippen LogP contribution in [0.4, 0.5) is 0 Å². The van der Waals surface area contributed by atoms with Crippen LogP contribution >= 0.6 is 0 Å². The molecule has 0 bridgehead atoms. The summed E-state index contributed by atoms with van der Waals surface area (Å²) in [5.41, 5.74) is 0.727. The number of benzene rings is 1. The van der Waals surface area contributed by atoms with Crippen LogP contribution in [-0.2, 0) is 16.6 Å². The molecule has 0 aliphatic carbocycles. The van der Waals surface area contributed by atoms with Gasteiger partial charge in [-0.25, -0.2) is 13.1 Å². The van der Waals surface area contributed by atoms with E-state index in [1.54, 1.807) is 38.3 Å². The number of ether oxygens (including phenoxy) is 1. The molecule has 0 saturated heterocycles. The molecule has 0 aliphatic heterocycles. The Bertz CT molecular complexity index is 681. The summed E-state index contributed by atoms with van der Waals surface area (Å²) in [6.07, 6.45) is 0.554. The topological polar surface area (TPSA) is 99.0 Å². The Hall–Kier alpha value is -2.00. The van der Waals surface area contributed by atoms with Crippen molar-refractivity contribution < 1.29 is 13.2 Å². The molecule has 0 unspecified atom stereocenters.